The third-order valence-corrected chi connectivity index (χ3v) is 5.34. The molecule has 1 saturated heterocycles. The first-order valence-corrected chi connectivity index (χ1v) is 8.03. The summed E-state index contributed by atoms with van der Waals surface area (Å²) in [6.45, 7) is 2.54. The second-order valence-electron chi connectivity index (χ2n) is 5.15. The number of rotatable bonds is 5. The van der Waals surface area contributed by atoms with E-state index in [0.29, 0.717) is 19.5 Å². The van der Waals surface area contributed by atoms with Crippen LogP contribution in [-0.4, -0.2) is 43.8 Å². The molecule has 2 atom stereocenters. The summed E-state index contributed by atoms with van der Waals surface area (Å²) in [7, 11) is -3.59. The van der Waals surface area contributed by atoms with E-state index in [0.717, 1.165) is 6.42 Å². The van der Waals surface area contributed by atoms with E-state index >= 15 is 0 Å². The van der Waals surface area contributed by atoms with Crippen LogP contribution < -0.4 is 5.73 Å². The van der Waals surface area contributed by atoms with Crippen molar-refractivity contribution in [1.29, 1.82) is 0 Å². The fraction of sp³-hybridized carbons (Fsp3) is 1.00. The largest absolute Gasteiger partial charge is 0.389 e. The molecule has 1 fully saturated rings. The van der Waals surface area contributed by atoms with Crippen molar-refractivity contribution in [2.45, 2.75) is 44.8 Å². The topological polar surface area (TPSA) is 63.4 Å². The molecule has 1 aliphatic heterocycles. The second-order valence-corrected chi connectivity index (χ2v) is 7.24. The lowest BCUT2D eigenvalue weighted by Crippen LogP contribution is -2.45. The summed E-state index contributed by atoms with van der Waals surface area (Å²) in [5, 5.41) is 0. The SMILES string of the molecule is CC(N)C1CCCN(S(=O)(=O)CCCC(F)(F)F)C1. The molecule has 8 heteroatoms. The molecule has 0 aliphatic carbocycles. The lowest BCUT2D eigenvalue weighted by atomic mass is 9.93. The Labute approximate surface area is 112 Å². The molecule has 1 heterocycles. The molecule has 1 rings (SSSR count). The van der Waals surface area contributed by atoms with Gasteiger partial charge >= 0.3 is 6.18 Å². The Morgan fingerprint density at radius 3 is 2.58 bits per heavy atom. The van der Waals surface area contributed by atoms with Gasteiger partial charge in [0.1, 0.15) is 0 Å². The van der Waals surface area contributed by atoms with Gasteiger partial charge < -0.3 is 5.73 Å². The maximum atomic E-state index is 12.0. The van der Waals surface area contributed by atoms with Crippen molar-refractivity contribution < 1.29 is 21.6 Å². The van der Waals surface area contributed by atoms with Gasteiger partial charge in [0.25, 0.3) is 0 Å². The average molecular weight is 302 g/mol. The van der Waals surface area contributed by atoms with Gasteiger partial charge in [0.05, 0.1) is 5.75 Å². The lowest BCUT2D eigenvalue weighted by molar-refractivity contribution is -0.134. The Hall–Kier alpha value is -0.340. The number of nitrogens with two attached hydrogens (primary N) is 1. The van der Waals surface area contributed by atoms with Gasteiger partial charge in [0.15, 0.2) is 0 Å². The van der Waals surface area contributed by atoms with Crippen LogP contribution in [0.3, 0.4) is 0 Å². The maximum Gasteiger partial charge on any atom is 0.389 e. The van der Waals surface area contributed by atoms with Crippen molar-refractivity contribution in [2.24, 2.45) is 11.7 Å². The fourth-order valence-electron chi connectivity index (χ4n) is 2.24. The van der Waals surface area contributed by atoms with Gasteiger partial charge in [-0.15, -0.1) is 0 Å². The molecule has 0 radical (unpaired) electrons. The first-order chi connectivity index (χ1) is 8.62. The van der Waals surface area contributed by atoms with E-state index in [9.17, 15) is 21.6 Å². The van der Waals surface area contributed by atoms with Crippen LogP contribution in [0.4, 0.5) is 13.2 Å². The van der Waals surface area contributed by atoms with Crippen LogP contribution >= 0.6 is 0 Å². The molecule has 2 N–H and O–H groups in total. The summed E-state index contributed by atoms with van der Waals surface area (Å²) in [4.78, 5) is 0. The number of halogens is 3. The number of sulfonamides is 1. The fourth-order valence-corrected chi connectivity index (χ4v) is 3.83. The van der Waals surface area contributed by atoms with Crippen LogP contribution in [0.25, 0.3) is 0 Å². The third-order valence-electron chi connectivity index (χ3n) is 3.42. The molecule has 1 aliphatic rings. The molecule has 114 valence electrons. The maximum absolute atomic E-state index is 12.0. The zero-order valence-corrected chi connectivity index (χ0v) is 11.8. The van der Waals surface area contributed by atoms with Crippen LogP contribution in [0.15, 0.2) is 0 Å². The highest BCUT2D eigenvalue weighted by Gasteiger charge is 2.32. The van der Waals surface area contributed by atoms with Gasteiger partial charge in [-0.05, 0) is 32.1 Å². The number of hydrogen-bond donors (Lipinski definition) is 1. The molecular formula is C11H21F3N2O2S. The molecular weight excluding hydrogens is 281 g/mol. The number of nitrogens with zero attached hydrogens (tertiary/aromatic N) is 1. The van der Waals surface area contributed by atoms with Crippen molar-refractivity contribution >= 4 is 10.0 Å². The molecule has 0 amide bonds. The summed E-state index contributed by atoms with van der Waals surface area (Å²) >= 11 is 0. The summed E-state index contributed by atoms with van der Waals surface area (Å²) in [5.41, 5.74) is 5.76. The highest BCUT2D eigenvalue weighted by molar-refractivity contribution is 7.89. The Morgan fingerprint density at radius 2 is 2.05 bits per heavy atom. The minimum Gasteiger partial charge on any atom is -0.328 e. The number of alkyl halides is 3. The molecule has 0 bridgehead atoms. The Morgan fingerprint density at radius 1 is 1.42 bits per heavy atom. The normalized spacial score (nSPS) is 24.4. The molecule has 0 aromatic rings. The average Bonchev–Trinajstić information content (AvgIpc) is 2.27. The monoisotopic (exact) mass is 302 g/mol. The van der Waals surface area contributed by atoms with Crippen molar-refractivity contribution in [3.05, 3.63) is 0 Å². The quantitative estimate of drug-likeness (QED) is 0.841. The van der Waals surface area contributed by atoms with Gasteiger partial charge in [-0.3, -0.25) is 0 Å². The zero-order valence-electron chi connectivity index (χ0n) is 11.0. The summed E-state index contributed by atoms with van der Waals surface area (Å²) in [6.07, 6.45) is -4.16. The van der Waals surface area contributed by atoms with Gasteiger partial charge in [0, 0.05) is 25.6 Å². The highest BCUT2D eigenvalue weighted by atomic mass is 32.2. The predicted octanol–water partition coefficient (Wildman–Crippen LogP) is 1.72. The summed E-state index contributed by atoms with van der Waals surface area (Å²) < 4.78 is 61.3. The molecule has 0 saturated carbocycles. The van der Waals surface area contributed by atoms with E-state index in [4.69, 9.17) is 5.73 Å². The van der Waals surface area contributed by atoms with E-state index in [2.05, 4.69) is 0 Å². The lowest BCUT2D eigenvalue weighted by Gasteiger charge is -2.33. The van der Waals surface area contributed by atoms with Crippen molar-refractivity contribution in [3.63, 3.8) is 0 Å². The van der Waals surface area contributed by atoms with E-state index in [-0.39, 0.29) is 18.4 Å². The van der Waals surface area contributed by atoms with Gasteiger partial charge in [0.2, 0.25) is 10.0 Å². The van der Waals surface area contributed by atoms with Crippen LogP contribution in [0.2, 0.25) is 0 Å². The first kappa shape index (κ1) is 16.7. The molecule has 4 nitrogen and oxygen atoms in total. The summed E-state index contributed by atoms with van der Waals surface area (Å²) in [5.74, 6) is -0.357. The van der Waals surface area contributed by atoms with Crippen molar-refractivity contribution in [2.75, 3.05) is 18.8 Å². The Kier molecular flexibility index (Phi) is 5.64. The zero-order chi connectivity index (χ0) is 14.7. The smallest absolute Gasteiger partial charge is 0.328 e. The molecule has 0 aromatic heterocycles. The van der Waals surface area contributed by atoms with Crippen LogP contribution in [0, 0.1) is 5.92 Å². The van der Waals surface area contributed by atoms with E-state index < -0.39 is 28.4 Å². The standard InChI is InChI=1S/C11H21F3N2O2S/c1-9(15)10-4-2-6-16(8-10)19(17,18)7-3-5-11(12,13)14/h9-10H,2-8,15H2,1H3. The Balaban J connectivity index is 2.52. The Bertz CT molecular complexity index is 382. The van der Waals surface area contributed by atoms with Crippen LogP contribution in [0.5, 0.6) is 0 Å². The van der Waals surface area contributed by atoms with Gasteiger partial charge in [-0.1, -0.05) is 0 Å². The van der Waals surface area contributed by atoms with Crippen molar-refractivity contribution in [1.82, 2.24) is 4.31 Å². The number of hydrogen-bond acceptors (Lipinski definition) is 3. The highest BCUT2D eigenvalue weighted by Crippen LogP contribution is 2.24. The number of piperidine rings is 1. The van der Waals surface area contributed by atoms with Gasteiger partial charge in [-0.25, -0.2) is 12.7 Å². The van der Waals surface area contributed by atoms with Crippen LogP contribution in [-0.2, 0) is 10.0 Å². The van der Waals surface area contributed by atoms with E-state index in [1.165, 1.54) is 4.31 Å². The summed E-state index contributed by atoms with van der Waals surface area (Å²) in [6, 6.07) is -0.104. The third kappa shape index (κ3) is 5.66. The van der Waals surface area contributed by atoms with Gasteiger partial charge in [-0.2, -0.15) is 13.2 Å². The molecule has 0 aromatic carbocycles. The molecule has 19 heavy (non-hydrogen) atoms. The van der Waals surface area contributed by atoms with E-state index in [1.807, 2.05) is 6.92 Å². The molecule has 2 unspecified atom stereocenters. The minimum atomic E-state index is -4.30. The first-order valence-electron chi connectivity index (χ1n) is 6.42. The minimum absolute atomic E-state index is 0.0890. The van der Waals surface area contributed by atoms with E-state index in [1.54, 1.807) is 0 Å². The molecule has 0 spiro atoms. The second kappa shape index (κ2) is 6.41. The van der Waals surface area contributed by atoms with Crippen molar-refractivity contribution in [3.8, 4) is 0 Å². The predicted molar refractivity (Wildman–Crippen MR) is 67.0 cm³/mol. The van der Waals surface area contributed by atoms with Crippen LogP contribution in [0.1, 0.15) is 32.6 Å².